The fourth-order valence-corrected chi connectivity index (χ4v) is 5.86. The summed E-state index contributed by atoms with van der Waals surface area (Å²) >= 11 is 8.85. The fraction of sp³-hybridized carbons (Fsp3) is 0.391. The first-order chi connectivity index (χ1) is 15.5. The number of carbonyl (C=O) groups excluding carboxylic acids is 2. The summed E-state index contributed by atoms with van der Waals surface area (Å²) in [5, 5.41) is 9.09. The van der Waals surface area contributed by atoms with Crippen LogP contribution in [-0.4, -0.2) is 21.8 Å². The SMILES string of the molecule is Cc1nc(NC(=O)c2ccccc2Cl)sc1-c1csc(NC(=O)CCC2CCCCC2)n1. The van der Waals surface area contributed by atoms with Gasteiger partial charge in [-0.1, -0.05) is 67.2 Å². The van der Waals surface area contributed by atoms with Crippen molar-refractivity contribution in [3.05, 3.63) is 45.9 Å². The van der Waals surface area contributed by atoms with Gasteiger partial charge in [0.15, 0.2) is 10.3 Å². The molecule has 0 atom stereocenters. The zero-order valence-corrected chi connectivity index (χ0v) is 20.2. The van der Waals surface area contributed by atoms with Crippen LogP contribution in [0.1, 0.15) is 61.0 Å². The average molecular weight is 489 g/mol. The lowest BCUT2D eigenvalue weighted by Crippen LogP contribution is -2.14. The molecule has 3 aromatic rings. The molecule has 6 nitrogen and oxygen atoms in total. The molecule has 32 heavy (non-hydrogen) atoms. The highest BCUT2D eigenvalue weighted by Crippen LogP contribution is 2.35. The molecule has 0 aliphatic heterocycles. The Morgan fingerprint density at radius 1 is 1.09 bits per heavy atom. The number of thiazole rings is 2. The molecule has 1 saturated carbocycles. The summed E-state index contributed by atoms with van der Waals surface area (Å²) in [7, 11) is 0. The van der Waals surface area contributed by atoms with Crippen molar-refractivity contribution in [1.82, 2.24) is 9.97 Å². The van der Waals surface area contributed by atoms with Gasteiger partial charge in [-0.15, -0.1) is 11.3 Å². The largest absolute Gasteiger partial charge is 0.302 e. The predicted octanol–water partition coefficient (Wildman–Crippen LogP) is 6.78. The van der Waals surface area contributed by atoms with E-state index in [0.29, 0.717) is 33.2 Å². The number of carbonyl (C=O) groups is 2. The van der Waals surface area contributed by atoms with Crippen LogP contribution in [0.4, 0.5) is 10.3 Å². The second-order valence-electron chi connectivity index (χ2n) is 8.00. The molecule has 0 bridgehead atoms. The molecule has 2 N–H and O–H groups in total. The Bertz CT molecular complexity index is 1110. The summed E-state index contributed by atoms with van der Waals surface area (Å²) in [6, 6.07) is 6.89. The van der Waals surface area contributed by atoms with E-state index in [9.17, 15) is 9.59 Å². The van der Waals surface area contributed by atoms with Crippen molar-refractivity contribution in [1.29, 1.82) is 0 Å². The monoisotopic (exact) mass is 488 g/mol. The highest BCUT2D eigenvalue weighted by atomic mass is 35.5. The number of nitrogens with zero attached hydrogens (tertiary/aromatic N) is 2. The fourth-order valence-electron chi connectivity index (χ4n) is 3.93. The number of anilines is 2. The molecule has 0 radical (unpaired) electrons. The predicted molar refractivity (Wildman–Crippen MR) is 132 cm³/mol. The molecule has 0 unspecified atom stereocenters. The smallest absolute Gasteiger partial charge is 0.258 e. The van der Waals surface area contributed by atoms with Crippen molar-refractivity contribution in [3.63, 3.8) is 0 Å². The molecule has 1 aromatic carbocycles. The van der Waals surface area contributed by atoms with Gasteiger partial charge in [-0.05, 0) is 31.4 Å². The summed E-state index contributed by atoms with van der Waals surface area (Å²) in [5.41, 5.74) is 1.91. The third kappa shape index (κ3) is 5.74. The van der Waals surface area contributed by atoms with Crippen molar-refractivity contribution >= 4 is 56.4 Å². The van der Waals surface area contributed by atoms with E-state index < -0.39 is 0 Å². The standard InChI is InChI=1S/C23H25ClN4O2S2/c1-14-20(32-23(25-14)28-21(30)16-9-5-6-10-17(16)24)18-13-31-22(26-18)27-19(29)12-11-15-7-3-2-4-8-15/h5-6,9-10,13,15H,2-4,7-8,11-12H2,1H3,(H,25,28,30)(H,26,27,29). The van der Waals surface area contributed by atoms with Gasteiger partial charge in [0.05, 0.1) is 26.9 Å². The third-order valence-corrected chi connectivity index (χ3v) is 7.81. The minimum Gasteiger partial charge on any atom is -0.302 e. The summed E-state index contributed by atoms with van der Waals surface area (Å²) in [4.78, 5) is 34.7. The van der Waals surface area contributed by atoms with Gasteiger partial charge in [0.2, 0.25) is 5.91 Å². The molecule has 9 heteroatoms. The molecule has 0 saturated heterocycles. The molecule has 2 aromatic heterocycles. The summed E-state index contributed by atoms with van der Waals surface area (Å²) < 4.78 is 0. The van der Waals surface area contributed by atoms with Crippen LogP contribution in [0.15, 0.2) is 29.6 Å². The molecule has 0 spiro atoms. The lowest BCUT2D eigenvalue weighted by Gasteiger charge is -2.20. The topological polar surface area (TPSA) is 84.0 Å². The van der Waals surface area contributed by atoms with E-state index in [1.807, 2.05) is 12.3 Å². The van der Waals surface area contributed by atoms with E-state index in [-0.39, 0.29) is 11.8 Å². The number of aryl methyl sites for hydroxylation is 1. The van der Waals surface area contributed by atoms with Crippen LogP contribution < -0.4 is 10.6 Å². The molecule has 1 aliphatic rings. The lowest BCUT2D eigenvalue weighted by molar-refractivity contribution is -0.116. The summed E-state index contributed by atoms with van der Waals surface area (Å²) in [5.74, 6) is 0.394. The second-order valence-corrected chi connectivity index (χ2v) is 10.3. The van der Waals surface area contributed by atoms with E-state index >= 15 is 0 Å². The van der Waals surface area contributed by atoms with Crippen molar-refractivity contribution in [2.24, 2.45) is 5.92 Å². The van der Waals surface area contributed by atoms with Crippen LogP contribution in [0.2, 0.25) is 5.02 Å². The van der Waals surface area contributed by atoms with Gasteiger partial charge in [0, 0.05) is 11.8 Å². The van der Waals surface area contributed by atoms with Crippen LogP contribution in [-0.2, 0) is 4.79 Å². The number of halogens is 1. The van der Waals surface area contributed by atoms with Gasteiger partial charge in [0.25, 0.3) is 5.91 Å². The second kappa shape index (κ2) is 10.6. The van der Waals surface area contributed by atoms with Gasteiger partial charge in [0.1, 0.15) is 0 Å². The van der Waals surface area contributed by atoms with Gasteiger partial charge in [-0.3, -0.25) is 14.9 Å². The maximum atomic E-state index is 12.5. The summed E-state index contributed by atoms with van der Waals surface area (Å²) in [6.07, 6.45) is 7.88. The highest BCUT2D eigenvalue weighted by Gasteiger charge is 2.18. The number of amides is 2. The maximum Gasteiger partial charge on any atom is 0.258 e. The quantitative estimate of drug-likeness (QED) is 0.384. The van der Waals surface area contributed by atoms with Crippen LogP contribution in [0.25, 0.3) is 10.6 Å². The Hall–Kier alpha value is -2.29. The van der Waals surface area contributed by atoms with E-state index in [2.05, 4.69) is 20.6 Å². The molecular weight excluding hydrogens is 464 g/mol. The zero-order valence-electron chi connectivity index (χ0n) is 17.8. The van der Waals surface area contributed by atoms with Crippen LogP contribution in [0.5, 0.6) is 0 Å². The van der Waals surface area contributed by atoms with E-state index in [0.717, 1.165) is 22.7 Å². The van der Waals surface area contributed by atoms with Crippen molar-refractivity contribution in [2.45, 2.75) is 51.9 Å². The number of aromatic nitrogens is 2. The summed E-state index contributed by atoms with van der Waals surface area (Å²) in [6.45, 7) is 1.87. The molecule has 2 amide bonds. The lowest BCUT2D eigenvalue weighted by atomic mass is 9.86. The van der Waals surface area contributed by atoms with E-state index in [4.69, 9.17) is 11.6 Å². The first-order valence-corrected chi connectivity index (χ1v) is 12.9. The van der Waals surface area contributed by atoms with E-state index in [1.165, 1.54) is 54.8 Å². The van der Waals surface area contributed by atoms with Crippen molar-refractivity contribution < 1.29 is 9.59 Å². The van der Waals surface area contributed by atoms with Crippen molar-refractivity contribution in [2.75, 3.05) is 10.6 Å². The minimum absolute atomic E-state index is 0.0187. The number of rotatable bonds is 7. The van der Waals surface area contributed by atoms with Gasteiger partial charge < -0.3 is 5.32 Å². The van der Waals surface area contributed by atoms with Gasteiger partial charge >= 0.3 is 0 Å². The Balaban J connectivity index is 1.36. The Labute approximate surface area is 200 Å². The number of nitrogens with one attached hydrogen (secondary N) is 2. The molecule has 1 aliphatic carbocycles. The molecular formula is C23H25ClN4O2S2. The number of hydrogen-bond acceptors (Lipinski definition) is 6. The first-order valence-electron chi connectivity index (χ1n) is 10.8. The van der Waals surface area contributed by atoms with Crippen LogP contribution >= 0.6 is 34.3 Å². The highest BCUT2D eigenvalue weighted by molar-refractivity contribution is 7.20. The molecule has 2 heterocycles. The number of hydrogen-bond donors (Lipinski definition) is 2. The Kier molecular flexibility index (Phi) is 7.55. The van der Waals surface area contributed by atoms with Gasteiger partial charge in [-0.2, -0.15) is 0 Å². The van der Waals surface area contributed by atoms with Crippen molar-refractivity contribution in [3.8, 4) is 10.6 Å². The first kappa shape index (κ1) is 22.9. The Morgan fingerprint density at radius 3 is 2.66 bits per heavy atom. The normalized spacial score (nSPS) is 14.3. The third-order valence-electron chi connectivity index (χ3n) is 5.62. The van der Waals surface area contributed by atoms with E-state index in [1.54, 1.807) is 24.3 Å². The van der Waals surface area contributed by atoms with Crippen LogP contribution in [0, 0.1) is 12.8 Å². The molecule has 168 valence electrons. The minimum atomic E-state index is -0.305. The number of benzene rings is 1. The van der Waals surface area contributed by atoms with Crippen LogP contribution in [0.3, 0.4) is 0 Å². The Morgan fingerprint density at radius 2 is 1.88 bits per heavy atom. The zero-order chi connectivity index (χ0) is 22.5. The average Bonchev–Trinajstić information content (AvgIpc) is 3.39. The molecule has 1 fully saturated rings. The molecule has 4 rings (SSSR count). The maximum absolute atomic E-state index is 12.5. The van der Waals surface area contributed by atoms with Gasteiger partial charge in [-0.25, -0.2) is 9.97 Å².